The SMILES string of the molecule is CN(c1cccc(C#N)c1)S(=O)(=O)c1cnn(-c2ccccc2)c1. The van der Waals surface area contributed by atoms with Crippen LogP contribution in [0.5, 0.6) is 0 Å². The van der Waals surface area contributed by atoms with Crippen LogP contribution >= 0.6 is 0 Å². The van der Waals surface area contributed by atoms with Crippen molar-refractivity contribution in [1.82, 2.24) is 9.78 Å². The lowest BCUT2D eigenvalue weighted by molar-refractivity contribution is 0.594. The third-order valence-electron chi connectivity index (χ3n) is 3.58. The molecule has 1 heterocycles. The fraction of sp³-hybridized carbons (Fsp3) is 0.0588. The van der Waals surface area contributed by atoms with Crippen LogP contribution in [0.15, 0.2) is 71.9 Å². The van der Waals surface area contributed by atoms with E-state index in [4.69, 9.17) is 5.26 Å². The highest BCUT2D eigenvalue weighted by atomic mass is 32.2. The van der Waals surface area contributed by atoms with Gasteiger partial charge in [0.25, 0.3) is 10.0 Å². The number of nitriles is 1. The number of anilines is 1. The molecule has 0 aliphatic heterocycles. The first-order valence-corrected chi connectivity index (χ1v) is 8.55. The average molecular weight is 338 g/mol. The van der Waals surface area contributed by atoms with Crippen LogP contribution in [0.25, 0.3) is 5.69 Å². The minimum absolute atomic E-state index is 0.0798. The molecule has 3 rings (SSSR count). The van der Waals surface area contributed by atoms with Crippen LogP contribution in [0, 0.1) is 11.3 Å². The summed E-state index contributed by atoms with van der Waals surface area (Å²) >= 11 is 0. The van der Waals surface area contributed by atoms with E-state index in [9.17, 15) is 8.42 Å². The van der Waals surface area contributed by atoms with Crippen LogP contribution < -0.4 is 4.31 Å². The molecule has 0 spiro atoms. The summed E-state index contributed by atoms with van der Waals surface area (Å²) < 4.78 is 28.2. The number of para-hydroxylation sites is 1. The van der Waals surface area contributed by atoms with Gasteiger partial charge in [-0.2, -0.15) is 10.4 Å². The molecule has 0 atom stereocenters. The molecule has 0 radical (unpaired) electrons. The summed E-state index contributed by atoms with van der Waals surface area (Å²) in [4.78, 5) is 0.0798. The van der Waals surface area contributed by atoms with E-state index in [1.165, 1.54) is 30.2 Å². The highest BCUT2D eigenvalue weighted by molar-refractivity contribution is 7.92. The number of aromatic nitrogens is 2. The summed E-state index contributed by atoms with van der Waals surface area (Å²) in [7, 11) is -2.31. The Morgan fingerprint density at radius 3 is 2.58 bits per heavy atom. The van der Waals surface area contributed by atoms with Gasteiger partial charge in [0.2, 0.25) is 0 Å². The normalized spacial score (nSPS) is 11.0. The minimum Gasteiger partial charge on any atom is -0.269 e. The van der Waals surface area contributed by atoms with Crippen molar-refractivity contribution < 1.29 is 8.42 Å². The Hall–Kier alpha value is -3.11. The lowest BCUT2D eigenvalue weighted by Crippen LogP contribution is -2.26. The Balaban J connectivity index is 1.96. The summed E-state index contributed by atoms with van der Waals surface area (Å²) in [5.74, 6) is 0. The number of benzene rings is 2. The van der Waals surface area contributed by atoms with Crippen molar-refractivity contribution in [3.05, 3.63) is 72.6 Å². The van der Waals surface area contributed by atoms with Gasteiger partial charge in [0.15, 0.2) is 0 Å². The molecular weight excluding hydrogens is 324 g/mol. The van der Waals surface area contributed by atoms with Crippen LogP contribution in [0.3, 0.4) is 0 Å². The minimum atomic E-state index is -3.76. The average Bonchev–Trinajstić information content (AvgIpc) is 3.13. The van der Waals surface area contributed by atoms with Crippen molar-refractivity contribution in [3.8, 4) is 11.8 Å². The van der Waals surface area contributed by atoms with Gasteiger partial charge in [0, 0.05) is 7.05 Å². The quantitative estimate of drug-likeness (QED) is 0.732. The van der Waals surface area contributed by atoms with Gasteiger partial charge in [-0.25, -0.2) is 13.1 Å². The maximum atomic E-state index is 12.8. The Kier molecular flexibility index (Phi) is 4.06. The van der Waals surface area contributed by atoms with Crippen LogP contribution in [-0.4, -0.2) is 25.2 Å². The molecule has 3 aromatic rings. The highest BCUT2D eigenvalue weighted by Crippen LogP contribution is 2.23. The zero-order valence-electron chi connectivity index (χ0n) is 12.9. The van der Waals surface area contributed by atoms with Gasteiger partial charge in [0.05, 0.1) is 35.4 Å². The number of hydrogen-bond donors (Lipinski definition) is 0. The summed E-state index contributed by atoms with van der Waals surface area (Å²) in [6.45, 7) is 0. The van der Waals surface area contributed by atoms with Crippen LogP contribution in [0.4, 0.5) is 5.69 Å². The fourth-order valence-corrected chi connectivity index (χ4v) is 3.35. The van der Waals surface area contributed by atoms with Crippen LogP contribution in [0.2, 0.25) is 0 Å². The Labute approximate surface area is 140 Å². The van der Waals surface area contributed by atoms with Gasteiger partial charge in [-0.15, -0.1) is 0 Å². The first kappa shape index (κ1) is 15.8. The van der Waals surface area contributed by atoms with Crippen molar-refractivity contribution >= 4 is 15.7 Å². The first-order chi connectivity index (χ1) is 11.5. The van der Waals surface area contributed by atoms with Crippen LogP contribution in [-0.2, 0) is 10.0 Å². The molecule has 6 nitrogen and oxygen atoms in total. The molecule has 0 bridgehead atoms. The van der Waals surface area contributed by atoms with E-state index in [-0.39, 0.29) is 4.90 Å². The molecule has 24 heavy (non-hydrogen) atoms. The van der Waals surface area contributed by atoms with E-state index in [2.05, 4.69) is 5.10 Å². The van der Waals surface area contributed by atoms with Crippen molar-refractivity contribution in [2.75, 3.05) is 11.4 Å². The molecule has 7 heteroatoms. The number of nitrogens with zero attached hydrogens (tertiary/aromatic N) is 4. The predicted molar refractivity (Wildman–Crippen MR) is 90.3 cm³/mol. The maximum Gasteiger partial charge on any atom is 0.267 e. The van der Waals surface area contributed by atoms with E-state index in [0.717, 1.165) is 9.99 Å². The standard InChI is InChI=1S/C17H14N4O2S/c1-20(16-9-5-6-14(10-16)11-18)24(22,23)17-12-19-21(13-17)15-7-3-2-4-8-15/h2-10,12-13H,1H3. The van der Waals surface area contributed by atoms with Crippen molar-refractivity contribution in [2.45, 2.75) is 4.90 Å². The van der Waals surface area contributed by atoms with Gasteiger partial charge in [-0.05, 0) is 30.3 Å². The largest absolute Gasteiger partial charge is 0.269 e. The van der Waals surface area contributed by atoms with Crippen molar-refractivity contribution in [3.63, 3.8) is 0 Å². The molecule has 0 saturated heterocycles. The molecule has 0 amide bonds. The second-order valence-electron chi connectivity index (χ2n) is 5.09. The maximum absolute atomic E-state index is 12.8. The molecular formula is C17H14N4O2S. The molecule has 120 valence electrons. The van der Waals surface area contributed by atoms with E-state index >= 15 is 0 Å². The monoisotopic (exact) mass is 338 g/mol. The molecule has 0 fully saturated rings. The van der Waals surface area contributed by atoms with Crippen molar-refractivity contribution in [1.29, 1.82) is 5.26 Å². The smallest absolute Gasteiger partial charge is 0.267 e. The molecule has 0 saturated carbocycles. The molecule has 0 aliphatic carbocycles. The van der Waals surface area contributed by atoms with E-state index < -0.39 is 10.0 Å². The van der Waals surface area contributed by atoms with Gasteiger partial charge < -0.3 is 0 Å². The van der Waals surface area contributed by atoms with Gasteiger partial charge >= 0.3 is 0 Å². The first-order valence-electron chi connectivity index (χ1n) is 7.11. The second-order valence-corrected chi connectivity index (χ2v) is 7.06. The Morgan fingerprint density at radius 2 is 1.88 bits per heavy atom. The molecule has 0 aliphatic rings. The van der Waals surface area contributed by atoms with E-state index in [1.807, 2.05) is 36.4 Å². The van der Waals surface area contributed by atoms with Crippen LogP contribution in [0.1, 0.15) is 5.56 Å². The number of rotatable bonds is 4. The topological polar surface area (TPSA) is 79.0 Å². The summed E-state index contributed by atoms with van der Waals surface area (Å²) in [5, 5.41) is 13.1. The Bertz CT molecular complexity index is 1000. The van der Waals surface area contributed by atoms with E-state index in [1.54, 1.807) is 18.2 Å². The zero-order chi connectivity index (χ0) is 17.2. The van der Waals surface area contributed by atoms with E-state index in [0.29, 0.717) is 11.3 Å². The summed E-state index contributed by atoms with van der Waals surface area (Å²) in [6, 6.07) is 17.7. The Morgan fingerprint density at radius 1 is 1.12 bits per heavy atom. The van der Waals surface area contributed by atoms with Gasteiger partial charge in [-0.3, -0.25) is 4.31 Å². The third kappa shape index (κ3) is 2.87. The number of sulfonamides is 1. The predicted octanol–water partition coefficient (Wildman–Crippen LogP) is 2.57. The highest BCUT2D eigenvalue weighted by Gasteiger charge is 2.23. The fourth-order valence-electron chi connectivity index (χ4n) is 2.23. The molecule has 1 aromatic heterocycles. The zero-order valence-corrected chi connectivity index (χ0v) is 13.7. The second kappa shape index (κ2) is 6.18. The molecule has 0 N–H and O–H groups in total. The van der Waals surface area contributed by atoms with Gasteiger partial charge in [0.1, 0.15) is 4.90 Å². The lowest BCUT2D eigenvalue weighted by atomic mass is 10.2. The number of hydrogen-bond acceptors (Lipinski definition) is 4. The van der Waals surface area contributed by atoms with Gasteiger partial charge in [-0.1, -0.05) is 24.3 Å². The molecule has 0 unspecified atom stereocenters. The lowest BCUT2D eigenvalue weighted by Gasteiger charge is -2.18. The summed E-state index contributed by atoms with van der Waals surface area (Å²) in [5.41, 5.74) is 1.59. The van der Waals surface area contributed by atoms with Crippen molar-refractivity contribution in [2.24, 2.45) is 0 Å². The summed E-state index contributed by atoms with van der Waals surface area (Å²) in [6.07, 6.45) is 2.78. The molecule has 2 aromatic carbocycles. The third-order valence-corrected chi connectivity index (χ3v) is 5.32.